The average molecular weight is 254 g/mol. The van der Waals surface area contributed by atoms with E-state index in [4.69, 9.17) is 4.74 Å². The molecule has 1 saturated carbocycles. The predicted molar refractivity (Wildman–Crippen MR) is 75.9 cm³/mol. The summed E-state index contributed by atoms with van der Waals surface area (Å²) in [6, 6.07) is 0. The zero-order valence-electron chi connectivity index (χ0n) is 12.2. The van der Waals surface area contributed by atoms with E-state index in [1.807, 2.05) is 0 Å². The van der Waals surface area contributed by atoms with Crippen molar-refractivity contribution in [2.75, 3.05) is 45.9 Å². The highest BCUT2D eigenvalue weighted by molar-refractivity contribution is 4.90. The van der Waals surface area contributed by atoms with Gasteiger partial charge in [-0.25, -0.2) is 0 Å². The molecule has 0 aromatic rings. The van der Waals surface area contributed by atoms with Crippen LogP contribution in [0.5, 0.6) is 0 Å². The summed E-state index contributed by atoms with van der Waals surface area (Å²) in [4.78, 5) is 2.62. The Morgan fingerprint density at radius 1 is 1.33 bits per heavy atom. The van der Waals surface area contributed by atoms with Crippen LogP contribution in [0.2, 0.25) is 0 Å². The van der Waals surface area contributed by atoms with Crippen molar-refractivity contribution in [2.45, 2.75) is 39.5 Å². The van der Waals surface area contributed by atoms with E-state index >= 15 is 0 Å². The van der Waals surface area contributed by atoms with Gasteiger partial charge >= 0.3 is 0 Å². The van der Waals surface area contributed by atoms with Crippen LogP contribution in [-0.2, 0) is 4.74 Å². The molecule has 1 aliphatic carbocycles. The van der Waals surface area contributed by atoms with Gasteiger partial charge < -0.3 is 10.1 Å². The number of nitrogens with one attached hydrogen (secondary N) is 1. The maximum absolute atomic E-state index is 5.47. The van der Waals surface area contributed by atoms with E-state index in [-0.39, 0.29) is 0 Å². The van der Waals surface area contributed by atoms with Crippen LogP contribution in [0.25, 0.3) is 0 Å². The molecule has 0 aromatic carbocycles. The summed E-state index contributed by atoms with van der Waals surface area (Å²) in [6.45, 7) is 12.3. The van der Waals surface area contributed by atoms with Crippen LogP contribution in [0.15, 0.2) is 0 Å². The smallest absolute Gasteiger partial charge is 0.0594 e. The van der Waals surface area contributed by atoms with Gasteiger partial charge in [-0.3, -0.25) is 4.90 Å². The Labute approximate surface area is 112 Å². The normalized spacial score (nSPS) is 34.7. The van der Waals surface area contributed by atoms with Crippen molar-refractivity contribution < 1.29 is 4.74 Å². The molecule has 2 rings (SSSR count). The molecule has 2 fully saturated rings. The molecule has 0 spiro atoms. The van der Waals surface area contributed by atoms with Gasteiger partial charge in [0.2, 0.25) is 0 Å². The Bertz CT molecular complexity index is 241. The minimum absolute atomic E-state index is 0.519. The molecule has 1 aliphatic heterocycles. The summed E-state index contributed by atoms with van der Waals surface area (Å²) in [5.41, 5.74) is 0.519. The van der Waals surface area contributed by atoms with E-state index in [1.54, 1.807) is 0 Å². The zero-order valence-corrected chi connectivity index (χ0v) is 12.2. The first-order valence-corrected chi connectivity index (χ1v) is 7.75. The minimum atomic E-state index is 0.519. The van der Waals surface area contributed by atoms with Gasteiger partial charge in [-0.05, 0) is 30.7 Å². The van der Waals surface area contributed by atoms with Gasteiger partial charge in [-0.1, -0.05) is 26.7 Å². The van der Waals surface area contributed by atoms with Gasteiger partial charge in [0.1, 0.15) is 0 Å². The number of hydrogen-bond acceptors (Lipinski definition) is 3. The molecule has 0 radical (unpaired) electrons. The summed E-state index contributed by atoms with van der Waals surface area (Å²) in [7, 11) is 0. The van der Waals surface area contributed by atoms with Crippen molar-refractivity contribution in [1.82, 2.24) is 10.2 Å². The maximum Gasteiger partial charge on any atom is 0.0594 e. The van der Waals surface area contributed by atoms with Crippen molar-refractivity contribution in [2.24, 2.45) is 11.3 Å². The highest BCUT2D eigenvalue weighted by Crippen LogP contribution is 2.39. The lowest BCUT2D eigenvalue weighted by molar-refractivity contribution is 0.00212. The first kappa shape index (κ1) is 14.3. The molecule has 0 aromatic heterocycles. The Morgan fingerprint density at radius 2 is 2.11 bits per heavy atom. The standard InChI is InChI=1S/C15H30N2O/c1-3-16-12-15(6-4-5-14(2)11-15)13-17-7-9-18-10-8-17/h14,16H,3-13H2,1-2H3. The first-order valence-electron chi connectivity index (χ1n) is 7.75. The third kappa shape index (κ3) is 3.94. The van der Waals surface area contributed by atoms with Gasteiger partial charge in [-0.2, -0.15) is 0 Å². The zero-order chi connectivity index (χ0) is 12.8. The Hall–Kier alpha value is -0.120. The lowest BCUT2D eigenvalue weighted by atomic mass is 9.69. The van der Waals surface area contributed by atoms with Gasteiger partial charge in [0.25, 0.3) is 0 Å². The molecule has 1 saturated heterocycles. The second-order valence-electron chi connectivity index (χ2n) is 6.37. The fourth-order valence-electron chi connectivity index (χ4n) is 3.75. The van der Waals surface area contributed by atoms with Crippen LogP contribution in [0.1, 0.15) is 39.5 Å². The second-order valence-corrected chi connectivity index (χ2v) is 6.37. The molecule has 1 heterocycles. The third-order valence-electron chi connectivity index (χ3n) is 4.60. The van der Waals surface area contributed by atoms with Gasteiger partial charge in [0, 0.05) is 26.2 Å². The highest BCUT2D eigenvalue weighted by atomic mass is 16.5. The number of rotatable bonds is 5. The molecule has 0 amide bonds. The molecule has 2 atom stereocenters. The molecule has 1 N–H and O–H groups in total. The van der Waals surface area contributed by atoms with Crippen molar-refractivity contribution in [1.29, 1.82) is 0 Å². The Kier molecular flexibility index (Phi) is 5.46. The highest BCUT2D eigenvalue weighted by Gasteiger charge is 2.36. The van der Waals surface area contributed by atoms with Crippen molar-refractivity contribution in [3.05, 3.63) is 0 Å². The Morgan fingerprint density at radius 3 is 2.78 bits per heavy atom. The molecule has 0 bridgehead atoms. The van der Waals surface area contributed by atoms with Crippen LogP contribution >= 0.6 is 0 Å². The minimum Gasteiger partial charge on any atom is -0.379 e. The van der Waals surface area contributed by atoms with E-state index < -0.39 is 0 Å². The van der Waals surface area contributed by atoms with E-state index in [9.17, 15) is 0 Å². The maximum atomic E-state index is 5.47. The van der Waals surface area contributed by atoms with E-state index in [0.717, 1.165) is 38.8 Å². The predicted octanol–water partition coefficient (Wildman–Crippen LogP) is 2.12. The summed E-state index contributed by atoms with van der Waals surface area (Å²) >= 11 is 0. The van der Waals surface area contributed by atoms with Gasteiger partial charge in [0.05, 0.1) is 13.2 Å². The van der Waals surface area contributed by atoms with Crippen LogP contribution in [0.3, 0.4) is 0 Å². The third-order valence-corrected chi connectivity index (χ3v) is 4.60. The quantitative estimate of drug-likeness (QED) is 0.813. The van der Waals surface area contributed by atoms with E-state index in [2.05, 4.69) is 24.1 Å². The molecule has 3 heteroatoms. The fraction of sp³-hybridized carbons (Fsp3) is 1.00. The lowest BCUT2D eigenvalue weighted by Crippen LogP contribution is -2.49. The number of hydrogen-bond donors (Lipinski definition) is 1. The molecular weight excluding hydrogens is 224 g/mol. The molecule has 106 valence electrons. The topological polar surface area (TPSA) is 24.5 Å². The summed E-state index contributed by atoms with van der Waals surface area (Å²) in [5.74, 6) is 0.901. The Balaban J connectivity index is 1.94. The summed E-state index contributed by atoms with van der Waals surface area (Å²) in [6.07, 6.45) is 5.65. The SMILES string of the molecule is CCNCC1(CN2CCOCC2)CCCC(C)C1. The van der Waals surface area contributed by atoms with Crippen LogP contribution in [0.4, 0.5) is 0 Å². The molecule has 2 unspecified atom stereocenters. The molecule has 18 heavy (non-hydrogen) atoms. The second kappa shape index (κ2) is 6.88. The largest absolute Gasteiger partial charge is 0.379 e. The van der Waals surface area contributed by atoms with E-state index in [1.165, 1.54) is 38.8 Å². The first-order chi connectivity index (χ1) is 8.74. The molecule has 2 aliphatic rings. The molecular formula is C15H30N2O. The summed E-state index contributed by atoms with van der Waals surface area (Å²) < 4.78 is 5.47. The molecule has 3 nitrogen and oxygen atoms in total. The van der Waals surface area contributed by atoms with Crippen LogP contribution in [-0.4, -0.2) is 50.8 Å². The fourth-order valence-corrected chi connectivity index (χ4v) is 3.75. The average Bonchev–Trinajstić information content (AvgIpc) is 2.38. The monoisotopic (exact) mass is 254 g/mol. The van der Waals surface area contributed by atoms with E-state index in [0.29, 0.717) is 5.41 Å². The van der Waals surface area contributed by atoms with Crippen LogP contribution < -0.4 is 5.32 Å². The van der Waals surface area contributed by atoms with Crippen molar-refractivity contribution >= 4 is 0 Å². The number of ether oxygens (including phenoxy) is 1. The van der Waals surface area contributed by atoms with Crippen molar-refractivity contribution in [3.8, 4) is 0 Å². The van der Waals surface area contributed by atoms with Crippen molar-refractivity contribution in [3.63, 3.8) is 0 Å². The lowest BCUT2D eigenvalue weighted by Gasteiger charge is -2.44. The number of nitrogens with zero attached hydrogens (tertiary/aromatic N) is 1. The van der Waals surface area contributed by atoms with Gasteiger partial charge in [-0.15, -0.1) is 0 Å². The number of morpholine rings is 1. The summed E-state index contributed by atoms with van der Waals surface area (Å²) in [5, 5.41) is 3.61. The van der Waals surface area contributed by atoms with Gasteiger partial charge in [0.15, 0.2) is 0 Å². The van der Waals surface area contributed by atoms with Crippen LogP contribution in [0, 0.1) is 11.3 Å².